The Morgan fingerprint density at radius 3 is 2.76 bits per heavy atom. The molecule has 0 unspecified atom stereocenters. The van der Waals surface area contributed by atoms with Crippen LogP contribution in [0.15, 0.2) is 10.4 Å². The van der Waals surface area contributed by atoms with E-state index in [9.17, 15) is 0 Å². The van der Waals surface area contributed by atoms with Gasteiger partial charge in [-0.2, -0.15) is 0 Å². The summed E-state index contributed by atoms with van der Waals surface area (Å²) in [5, 5.41) is 7.00. The third-order valence-electron chi connectivity index (χ3n) is 5.63. The van der Waals surface area contributed by atoms with E-state index in [2.05, 4.69) is 32.5 Å². The standard InChI is InChI=1S/C19H32N4S.HI/c1-16-14-24-17(22-16)8-4-7-12-21-18(20-2)23-13-11-19(15-23)9-5-3-6-10-19;/h14H,3-13,15H2,1-2H3,(H,20,21);1H. The molecule has 2 fully saturated rings. The number of rotatable bonds is 5. The highest BCUT2D eigenvalue weighted by Crippen LogP contribution is 2.43. The average Bonchev–Trinajstić information content (AvgIpc) is 3.19. The molecule has 2 aliphatic rings. The molecule has 1 saturated carbocycles. The topological polar surface area (TPSA) is 40.5 Å². The maximum atomic E-state index is 4.54. The highest BCUT2D eigenvalue weighted by Gasteiger charge is 2.39. The van der Waals surface area contributed by atoms with Gasteiger partial charge in [0.25, 0.3) is 0 Å². The molecule has 6 heteroatoms. The van der Waals surface area contributed by atoms with Crippen LogP contribution in [0, 0.1) is 12.3 Å². The molecule has 4 nitrogen and oxygen atoms in total. The van der Waals surface area contributed by atoms with Crippen LogP contribution in [0.5, 0.6) is 0 Å². The van der Waals surface area contributed by atoms with Crippen LogP contribution < -0.4 is 5.32 Å². The monoisotopic (exact) mass is 476 g/mol. The summed E-state index contributed by atoms with van der Waals surface area (Å²) in [5.74, 6) is 1.11. The molecular weight excluding hydrogens is 443 g/mol. The number of hydrogen-bond donors (Lipinski definition) is 1. The Morgan fingerprint density at radius 2 is 2.08 bits per heavy atom. The van der Waals surface area contributed by atoms with E-state index >= 15 is 0 Å². The van der Waals surface area contributed by atoms with Crippen LogP contribution in [-0.4, -0.2) is 42.5 Å². The third-order valence-corrected chi connectivity index (χ3v) is 6.66. The van der Waals surface area contributed by atoms with Gasteiger partial charge >= 0.3 is 0 Å². The Bertz CT molecular complexity index is 551. The lowest BCUT2D eigenvalue weighted by Crippen LogP contribution is -2.42. The van der Waals surface area contributed by atoms with Crippen LogP contribution in [0.3, 0.4) is 0 Å². The molecule has 1 aliphatic heterocycles. The summed E-state index contributed by atoms with van der Waals surface area (Å²) in [7, 11) is 1.92. The van der Waals surface area contributed by atoms with Crippen LogP contribution in [0.2, 0.25) is 0 Å². The maximum absolute atomic E-state index is 4.54. The van der Waals surface area contributed by atoms with Crippen molar-refractivity contribution in [1.29, 1.82) is 0 Å². The van der Waals surface area contributed by atoms with E-state index in [4.69, 9.17) is 0 Å². The first-order chi connectivity index (χ1) is 11.7. The van der Waals surface area contributed by atoms with Gasteiger partial charge in [0.05, 0.1) is 5.01 Å². The van der Waals surface area contributed by atoms with Gasteiger partial charge in [-0.1, -0.05) is 19.3 Å². The molecule has 3 rings (SSSR count). The van der Waals surface area contributed by atoms with Crippen molar-refractivity contribution in [2.24, 2.45) is 10.4 Å². The van der Waals surface area contributed by atoms with E-state index in [1.165, 1.54) is 69.5 Å². The molecule has 1 aromatic heterocycles. The lowest BCUT2D eigenvalue weighted by molar-refractivity contribution is 0.203. The van der Waals surface area contributed by atoms with Crippen LogP contribution >= 0.6 is 35.3 Å². The highest BCUT2D eigenvalue weighted by molar-refractivity contribution is 14.0. The van der Waals surface area contributed by atoms with Crippen molar-refractivity contribution >= 4 is 41.3 Å². The summed E-state index contributed by atoms with van der Waals surface area (Å²) in [5.41, 5.74) is 1.75. The second-order valence-electron chi connectivity index (χ2n) is 7.55. The Hall–Kier alpha value is -0.370. The molecular formula is C19H33IN4S. The molecule has 0 amide bonds. The molecule has 0 atom stereocenters. The summed E-state index contributed by atoms with van der Waals surface area (Å²) in [4.78, 5) is 11.6. The predicted octanol–water partition coefficient (Wildman–Crippen LogP) is 4.62. The van der Waals surface area contributed by atoms with Gasteiger partial charge in [-0.15, -0.1) is 35.3 Å². The van der Waals surface area contributed by atoms with E-state index in [1.54, 1.807) is 11.3 Å². The first kappa shape index (κ1) is 20.9. The fourth-order valence-electron chi connectivity index (χ4n) is 4.28. The van der Waals surface area contributed by atoms with Gasteiger partial charge in [0.15, 0.2) is 5.96 Å². The van der Waals surface area contributed by atoms with Crippen molar-refractivity contribution in [3.8, 4) is 0 Å². The zero-order valence-corrected chi connectivity index (χ0v) is 18.9. The Balaban J connectivity index is 0.00000225. The van der Waals surface area contributed by atoms with Gasteiger partial charge in [-0.3, -0.25) is 4.99 Å². The van der Waals surface area contributed by atoms with E-state index in [-0.39, 0.29) is 24.0 Å². The number of nitrogens with one attached hydrogen (secondary N) is 1. The van der Waals surface area contributed by atoms with Crippen molar-refractivity contribution in [2.75, 3.05) is 26.7 Å². The Labute approximate surface area is 173 Å². The van der Waals surface area contributed by atoms with Crippen LogP contribution in [-0.2, 0) is 6.42 Å². The van der Waals surface area contributed by atoms with Crippen molar-refractivity contribution in [1.82, 2.24) is 15.2 Å². The Kier molecular flexibility index (Phi) is 8.45. The number of aromatic nitrogens is 1. The van der Waals surface area contributed by atoms with Crippen LogP contribution in [0.4, 0.5) is 0 Å². The minimum atomic E-state index is 0. The number of guanidine groups is 1. The van der Waals surface area contributed by atoms with Crippen LogP contribution in [0.25, 0.3) is 0 Å². The minimum absolute atomic E-state index is 0. The number of aryl methyl sites for hydroxylation is 2. The first-order valence-electron chi connectivity index (χ1n) is 9.57. The number of thiazole rings is 1. The normalized spacial score (nSPS) is 19.9. The van der Waals surface area contributed by atoms with E-state index < -0.39 is 0 Å². The van der Waals surface area contributed by atoms with E-state index in [0.717, 1.165) is 24.6 Å². The third kappa shape index (κ3) is 5.81. The fourth-order valence-corrected chi connectivity index (χ4v) is 5.10. The second kappa shape index (κ2) is 10.1. The number of unbranched alkanes of at least 4 members (excludes halogenated alkanes) is 1. The molecule has 142 valence electrons. The minimum Gasteiger partial charge on any atom is -0.356 e. The summed E-state index contributed by atoms with van der Waals surface area (Å²) >= 11 is 1.79. The fraction of sp³-hybridized carbons (Fsp3) is 0.789. The number of hydrogen-bond acceptors (Lipinski definition) is 3. The van der Waals surface area contributed by atoms with E-state index in [1.807, 2.05) is 7.05 Å². The van der Waals surface area contributed by atoms with Gasteiger partial charge < -0.3 is 10.2 Å². The second-order valence-corrected chi connectivity index (χ2v) is 8.49. The molecule has 25 heavy (non-hydrogen) atoms. The summed E-state index contributed by atoms with van der Waals surface area (Å²) < 4.78 is 0. The maximum Gasteiger partial charge on any atom is 0.193 e. The van der Waals surface area contributed by atoms with Crippen LogP contribution in [0.1, 0.15) is 62.1 Å². The van der Waals surface area contributed by atoms with Gasteiger partial charge in [0.1, 0.15) is 0 Å². The van der Waals surface area contributed by atoms with Crippen molar-refractivity contribution in [3.05, 3.63) is 16.1 Å². The molecule has 0 radical (unpaired) electrons. The number of nitrogens with zero attached hydrogens (tertiary/aromatic N) is 3. The summed E-state index contributed by atoms with van der Waals surface area (Å²) in [6, 6.07) is 0. The smallest absolute Gasteiger partial charge is 0.193 e. The average molecular weight is 476 g/mol. The lowest BCUT2D eigenvalue weighted by Gasteiger charge is -2.33. The van der Waals surface area contributed by atoms with Crippen molar-refractivity contribution in [3.63, 3.8) is 0 Å². The first-order valence-corrected chi connectivity index (χ1v) is 10.5. The molecule has 1 aliphatic carbocycles. The molecule has 1 spiro atoms. The molecule has 0 aromatic carbocycles. The van der Waals surface area contributed by atoms with Crippen molar-refractivity contribution in [2.45, 2.75) is 64.7 Å². The summed E-state index contributed by atoms with van der Waals surface area (Å²) in [6.45, 7) is 5.48. The molecule has 1 N–H and O–H groups in total. The quantitative estimate of drug-likeness (QED) is 0.292. The van der Waals surface area contributed by atoms with E-state index in [0.29, 0.717) is 5.41 Å². The molecule has 2 heterocycles. The zero-order valence-electron chi connectivity index (χ0n) is 15.7. The van der Waals surface area contributed by atoms with Gasteiger partial charge in [-0.05, 0) is 50.9 Å². The molecule has 1 aromatic rings. The summed E-state index contributed by atoms with van der Waals surface area (Å²) in [6.07, 6.45) is 12.0. The highest BCUT2D eigenvalue weighted by atomic mass is 127. The van der Waals surface area contributed by atoms with Gasteiger partial charge in [-0.25, -0.2) is 4.98 Å². The zero-order chi connectivity index (χ0) is 16.8. The lowest BCUT2D eigenvalue weighted by atomic mass is 9.73. The largest absolute Gasteiger partial charge is 0.356 e. The SMILES string of the molecule is CN=C(NCCCCc1nc(C)cs1)N1CCC2(CCCCC2)C1.I. The molecule has 1 saturated heterocycles. The van der Waals surface area contributed by atoms with Crippen molar-refractivity contribution < 1.29 is 0 Å². The number of likely N-dealkylation sites (tertiary alicyclic amines) is 1. The Morgan fingerprint density at radius 1 is 1.28 bits per heavy atom. The van der Waals surface area contributed by atoms with Gasteiger partial charge in [0.2, 0.25) is 0 Å². The molecule has 0 bridgehead atoms. The number of aliphatic imine (C=N–C) groups is 1. The predicted molar refractivity (Wildman–Crippen MR) is 118 cm³/mol. The number of halogens is 1. The van der Waals surface area contributed by atoms with Gasteiger partial charge in [0, 0.05) is 37.8 Å².